The third-order valence-electron chi connectivity index (χ3n) is 3.14. The lowest BCUT2D eigenvalue weighted by molar-refractivity contribution is -0.136. The van der Waals surface area contributed by atoms with E-state index in [-0.39, 0.29) is 10.8 Å². The molecule has 0 saturated heterocycles. The fourth-order valence-electron chi connectivity index (χ4n) is 1.89. The van der Waals surface area contributed by atoms with Crippen molar-refractivity contribution < 1.29 is 9.53 Å². The van der Waals surface area contributed by atoms with Gasteiger partial charge in [-0.05, 0) is 12.8 Å². The Hall–Kier alpha value is 0.170. The van der Waals surface area contributed by atoms with Crippen molar-refractivity contribution in [1.29, 1.82) is 0 Å². The Kier molecular flexibility index (Phi) is 12.1. The molecule has 0 aromatic heterocycles. The zero-order valence-corrected chi connectivity index (χ0v) is 15.3. The maximum absolute atomic E-state index is 11.3. The van der Waals surface area contributed by atoms with Crippen molar-refractivity contribution in [3.05, 3.63) is 12.2 Å². The topological polar surface area (TPSA) is 26.3 Å². The molecule has 0 aliphatic heterocycles. The number of hydrogen-bond donors (Lipinski definition) is 0. The Morgan fingerprint density at radius 1 is 1.11 bits per heavy atom. The summed E-state index contributed by atoms with van der Waals surface area (Å²) in [5.74, 6) is -0.316. The lowest BCUT2D eigenvalue weighted by Gasteiger charge is -2.17. The summed E-state index contributed by atoms with van der Waals surface area (Å²) in [6.45, 7) is 5.99. The molecule has 0 amide bonds. The van der Waals surface area contributed by atoms with E-state index in [0.717, 1.165) is 6.42 Å². The van der Waals surface area contributed by atoms with Gasteiger partial charge in [0.05, 0.1) is 7.11 Å². The molecule has 0 aromatic carbocycles. The second-order valence-electron chi connectivity index (χ2n) is 4.89. The third-order valence-corrected chi connectivity index (χ3v) is 5.91. The average Bonchev–Trinajstić information content (AvgIpc) is 2.41. The largest absolute Gasteiger partial charge is 0.466 e. The maximum Gasteiger partial charge on any atom is 0.333 e. The number of ether oxygens (including phenoxy) is 1. The van der Waals surface area contributed by atoms with Gasteiger partial charge in [0.15, 0.2) is 0 Å². The molecule has 2 unspecified atom stereocenters. The molecule has 0 N–H and O–H groups in total. The quantitative estimate of drug-likeness (QED) is 0.202. The van der Waals surface area contributed by atoms with E-state index in [4.69, 9.17) is 0 Å². The molecule has 4 heteroatoms. The molecule has 19 heavy (non-hydrogen) atoms. The fraction of sp³-hybridized carbons (Fsp3) is 0.800. The van der Waals surface area contributed by atoms with Crippen LogP contribution in [-0.2, 0) is 9.53 Å². The van der Waals surface area contributed by atoms with Crippen LogP contribution in [0.4, 0.5) is 0 Å². The summed E-state index contributed by atoms with van der Waals surface area (Å²) in [6.07, 6.45) is 9.58. The highest BCUT2D eigenvalue weighted by Crippen LogP contribution is 2.26. The van der Waals surface area contributed by atoms with Crippen molar-refractivity contribution in [2.24, 2.45) is 0 Å². The minimum Gasteiger partial charge on any atom is -0.466 e. The van der Waals surface area contributed by atoms with Gasteiger partial charge in [-0.1, -0.05) is 83.9 Å². The van der Waals surface area contributed by atoms with Gasteiger partial charge in [-0.3, -0.25) is 0 Å². The molecule has 0 fully saturated rings. The van der Waals surface area contributed by atoms with Gasteiger partial charge in [-0.2, -0.15) is 0 Å². The number of esters is 1. The number of methoxy groups -OCH3 is 1. The third kappa shape index (κ3) is 9.67. The summed E-state index contributed by atoms with van der Waals surface area (Å²) >= 11 is 7.31. The number of rotatable bonds is 11. The number of halogens is 2. The molecule has 0 saturated carbocycles. The fourth-order valence-corrected chi connectivity index (χ4v) is 3.06. The maximum atomic E-state index is 11.3. The lowest BCUT2D eigenvalue weighted by Crippen LogP contribution is -2.17. The van der Waals surface area contributed by atoms with E-state index in [1.807, 2.05) is 0 Å². The zero-order chi connectivity index (χ0) is 14.7. The van der Waals surface area contributed by atoms with E-state index in [2.05, 4.69) is 50.1 Å². The second-order valence-corrected chi connectivity index (χ2v) is 7.24. The Balaban J connectivity index is 3.72. The van der Waals surface area contributed by atoms with Crippen LogP contribution in [0.2, 0.25) is 0 Å². The molecule has 0 aromatic rings. The molecule has 0 aliphatic rings. The van der Waals surface area contributed by atoms with E-state index < -0.39 is 0 Å². The van der Waals surface area contributed by atoms with E-state index in [1.165, 1.54) is 45.6 Å². The summed E-state index contributed by atoms with van der Waals surface area (Å²) in [5, 5.41) is 0. The van der Waals surface area contributed by atoms with Crippen LogP contribution in [0.15, 0.2) is 12.2 Å². The Labute approximate surface area is 134 Å². The Morgan fingerprint density at radius 2 is 1.68 bits per heavy atom. The molecule has 2 atom stereocenters. The monoisotopic (exact) mass is 396 g/mol. The summed E-state index contributed by atoms with van der Waals surface area (Å²) in [5.41, 5.74) is 0.525. The normalized spacial score (nSPS) is 13.9. The van der Waals surface area contributed by atoms with Gasteiger partial charge in [0.25, 0.3) is 0 Å². The summed E-state index contributed by atoms with van der Waals surface area (Å²) in [7, 11) is 1.39. The highest BCUT2D eigenvalue weighted by atomic mass is 79.9. The highest BCUT2D eigenvalue weighted by molar-refractivity contribution is 9.12. The van der Waals surface area contributed by atoms with Crippen molar-refractivity contribution in [3.8, 4) is 0 Å². The lowest BCUT2D eigenvalue weighted by atomic mass is 10.0. The van der Waals surface area contributed by atoms with Crippen LogP contribution in [0.3, 0.4) is 0 Å². The standard InChI is InChI=1S/C15H26Br2O2/c1-4-5-6-7-8-9-10-13(16)14(17)11-12(2)15(18)19-3/h13-14H,2,4-11H2,1,3H3. The number of hydrogen-bond acceptors (Lipinski definition) is 2. The van der Waals surface area contributed by atoms with Gasteiger partial charge in [-0.25, -0.2) is 4.79 Å². The minimum atomic E-state index is -0.316. The molecule has 0 aliphatic carbocycles. The Bertz CT molecular complexity index is 267. The van der Waals surface area contributed by atoms with E-state index in [9.17, 15) is 4.79 Å². The van der Waals surface area contributed by atoms with Crippen LogP contribution in [0.25, 0.3) is 0 Å². The van der Waals surface area contributed by atoms with Gasteiger partial charge in [0.2, 0.25) is 0 Å². The van der Waals surface area contributed by atoms with E-state index >= 15 is 0 Å². The molecular formula is C15H26Br2O2. The Morgan fingerprint density at radius 3 is 2.26 bits per heavy atom. The van der Waals surface area contributed by atoms with Gasteiger partial charge in [0, 0.05) is 15.2 Å². The SMILES string of the molecule is C=C(CC(Br)C(Br)CCCCCCCC)C(=O)OC. The minimum absolute atomic E-state index is 0.231. The van der Waals surface area contributed by atoms with Crippen molar-refractivity contribution in [2.45, 2.75) is 67.9 Å². The average molecular weight is 398 g/mol. The van der Waals surface area contributed by atoms with Crippen LogP contribution in [0, 0.1) is 0 Å². The summed E-state index contributed by atoms with van der Waals surface area (Å²) < 4.78 is 4.65. The first-order valence-corrected chi connectivity index (χ1v) is 8.90. The molecule has 2 nitrogen and oxygen atoms in total. The van der Waals surface area contributed by atoms with Crippen LogP contribution >= 0.6 is 31.9 Å². The first-order valence-electron chi connectivity index (χ1n) is 7.07. The molecular weight excluding hydrogens is 372 g/mol. The van der Waals surface area contributed by atoms with Gasteiger partial charge < -0.3 is 4.74 Å². The predicted molar refractivity (Wildman–Crippen MR) is 89.2 cm³/mol. The smallest absolute Gasteiger partial charge is 0.333 e. The second kappa shape index (κ2) is 12.0. The number of carbonyl (C=O) groups is 1. The molecule has 0 spiro atoms. The summed E-state index contributed by atoms with van der Waals surface area (Å²) in [6, 6.07) is 0. The first kappa shape index (κ1) is 19.2. The zero-order valence-electron chi connectivity index (χ0n) is 12.1. The van der Waals surface area contributed by atoms with Crippen LogP contribution in [0.5, 0.6) is 0 Å². The van der Waals surface area contributed by atoms with E-state index in [0.29, 0.717) is 16.8 Å². The van der Waals surface area contributed by atoms with E-state index in [1.54, 1.807) is 0 Å². The van der Waals surface area contributed by atoms with Crippen molar-refractivity contribution in [3.63, 3.8) is 0 Å². The van der Waals surface area contributed by atoms with Gasteiger partial charge >= 0.3 is 5.97 Å². The molecule has 0 bridgehead atoms. The summed E-state index contributed by atoms with van der Waals surface area (Å²) in [4.78, 5) is 11.9. The van der Waals surface area contributed by atoms with Gasteiger partial charge in [0.1, 0.15) is 0 Å². The molecule has 0 rings (SSSR count). The number of carbonyl (C=O) groups excluding carboxylic acids is 1. The van der Waals surface area contributed by atoms with Crippen LogP contribution in [0.1, 0.15) is 58.3 Å². The highest BCUT2D eigenvalue weighted by Gasteiger charge is 2.19. The van der Waals surface area contributed by atoms with Crippen LogP contribution in [-0.4, -0.2) is 22.7 Å². The molecule has 0 heterocycles. The van der Waals surface area contributed by atoms with Gasteiger partial charge in [-0.15, -0.1) is 0 Å². The van der Waals surface area contributed by atoms with Crippen molar-refractivity contribution in [2.75, 3.05) is 7.11 Å². The number of alkyl halides is 2. The van der Waals surface area contributed by atoms with Crippen LogP contribution < -0.4 is 0 Å². The first-order chi connectivity index (χ1) is 9.02. The predicted octanol–water partition coefficient (Wildman–Crippen LogP) is 5.38. The molecule has 112 valence electrons. The number of unbranched alkanes of at least 4 members (excludes halogenated alkanes) is 5. The van der Waals surface area contributed by atoms with Crippen molar-refractivity contribution >= 4 is 37.8 Å². The molecule has 0 radical (unpaired) electrons. The van der Waals surface area contributed by atoms with Crippen molar-refractivity contribution in [1.82, 2.24) is 0 Å².